The maximum absolute atomic E-state index is 11.9. The zero-order valence-electron chi connectivity index (χ0n) is 9.71. The Morgan fingerprint density at radius 1 is 1.47 bits per heavy atom. The number of carbonyl (C=O) groups excluding carboxylic acids is 1. The van der Waals surface area contributed by atoms with Crippen molar-refractivity contribution in [2.75, 3.05) is 5.32 Å². The quantitative estimate of drug-likeness (QED) is 0.689. The summed E-state index contributed by atoms with van der Waals surface area (Å²) in [6.07, 6.45) is 0. The monoisotopic (exact) mass is 281 g/mol. The third kappa shape index (κ3) is 2.89. The minimum atomic E-state index is -0.689. The molecule has 1 heterocycles. The van der Waals surface area contributed by atoms with Crippen LogP contribution in [0.1, 0.15) is 16.1 Å². The van der Waals surface area contributed by atoms with Crippen LogP contribution in [0.25, 0.3) is 0 Å². The summed E-state index contributed by atoms with van der Waals surface area (Å²) in [5.74, 6) is -0.581. The maximum atomic E-state index is 11.9. The highest BCUT2D eigenvalue weighted by Crippen LogP contribution is 2.23. The van der Waals surface area contributed by atoms with Crippen molar-refractivity contribution in [3.8, 4) is 0 Å². The summed E-state index contributed by atoms with van der Waals surface area (Å²) < 4.78 is 4.80. The molecule has 0 saturated heterocycles. The summed E-state index contributed by atoms with van der Waals surface area (Å²) in [4.78, 5) is 22.1. The van der Waals surface area contributed by atoms with Crippen LogP contribution in [0, 0.1) is 17.0 Å². The highest BCUT2D eigenvalue weighted by atomic mass is 35.5. The number of halogens is 1. The zero-order chi connectivity index (χ0) is 14.0. The topological polar surface area (TPSA) is 98.3 Å². The van der Waals surface area contributed by atoms with E-state index in [1.807, 2.05) is 0 Å². The number of nitro groups is 1. The van der Waals surface area contributed by atoms with Crippen molar-refractivity contribution in [2.24, 2.45) is 0 Å². The van der Waals surface area contributed by atoms with Gasteiger partial charge >= 0.3 is 0 Å². The van der Waals surface area contributed by atoms with E-state index < -0.39 is 10.8 Å². The van der Waals surface area contributed by atoms with E-state index in [-0.39, 0.29) is 22.2 Å². The smallest absolute Gasteiger partial charge is 0.282 e. The van der Waals surface area contributed by atoms with Crippen molar-refractivity contribution >= 4 is 29.1 Å². The lowest BCUT2D eigenvalue weighted by Crippen LogP contribution is -2.13. The second kappa shape index (κ2) is 5.07. The second-order valence-electron chi connectivity index (χ2n) is 3.71. The maximum Gasteiger partial charge on any atom is 0.282 e. The fourth-order valence-electron chi connectivity index (χ4n) is 1.45. The Balaban J connectivity index is 2.32. The lowest BCUT2D eigenvalue weighted by atomic mass is 10.1. The molecule has 0 aliphatic rings. The number of benzene rings is 1. The Morgan fingerprint density at radius 3 is 2.79 bits per heavy atom. The Kier molecular flexibility index (Phi) is 3.48. The molecular weight excluding hydrogens is 274 g/mol. The first-order valence-corrected chi connectivity index (χ1v) is 5.54. The van der Waals surface area contributed by atoms with E-state index in [9.17, 15) is 14.9 Å². The van der Waals surface area contributed by atoms with Crippen molar-refractivity contribution < 1.29 is 14.2 Å². The van der Waals surface area contributed by atoms with E-state index in [1.165, 1.54) is 24.3 Å². The number of rotatable bonds is 3. The van der Waals surface area contributed by atoms with Gasteiger partial charge in [-0.1, -0.05) is 16.8 Å². The van der Waals surface area contributed by atoms with Gasteiger partial charge in [-0.2, -0.15) is 0 Å². The van der Waals surface area contributed by atoms with Gasteiger partial charge in [0.25, 0.3) is 11.6 Å². The molecule has 8 heteroatoms. The molecule has 0 saturated carbocycles. The van der Waals surface area contributed by atoms with Crippen LogP contribution in [-0.2, 0) is 0 Å². The highest BCUT2D eigenvalue weighted by Gasteiger charge is 2.21. The van der Waals surface area contributed by atoms with Crippen molar-refractivity contribution in [1.82, 2.24) is 5.16 Å². The van der Waals surface area contributed by atoms with E-state index >= 15 is 0 Å². The Bertz CT molecular complexity index is 653. The standard InChI is InChI=1S/C11H8ClN3O4/c1-6-4-10(19-14-6)13-11(16)8-5-7(12)2-3-9(8)15(17)18/h2-5H,1H3,(H,13,16). The lowest BCUT2D eigenvalue weighted by Gasteiger charge is -2.03. The molecule has 1 aromatic heterocycles. The lowest BCUT2D eigenvalue weighted by molar-refractivity contribution is -0.385. The van der Waals surface area contributed by atoms with Crippen molar-refractivity contribution in [3.63, 3.8) is 0 Å². The Hall–Kier alpha value is -2.41. The van der Waals surface area contributed by atoms with Gasteiger partial charge < -0.3 is 4.52 Å². The van der Waals surface area contributed by atoms with E-state index in [0.29, 0.717) is 5.69 Å². The molecule has 0 radical (unpaired) electrons. The average Bonchev–Trinajstić information content (AvgIpc) is 2.74. The van der Waals surface area contributed by atoms with Gasteiger partial charge in [-0.15, -0.1) is 0 Å². The van der Waals surface area contributed by atoms with Crippen molar-refractivity contribution in [2.45, 2.75) is 6.92 Å². The number of nitrogens with zero attached hydrogens (tertiary/aromatic N) is 2. The summed E-state index contributed by atoms with van der Waals surface area (Å²) in [7, 11) is 0. The van der Waals surface area contributed by atoms with Gasteiger partial charge in [-0.3, -0.25) is 20.2 Å². The number of carbonyl (C=O) groups is 1. The zero-order valence-corrected chi connectivity index (χ0v) is 10.5. The first-order valence-electron chi connectivity index (χ1n) is 5.16. The molecule has 1 N–H and O–H groups in total. The highest BCUT2D eigenvalue weighted by molar-refractivity contribution is 6.31. The van der Waals surface area contributed by atoms with Crippen LogP contribution in [0.5, 0.6) is 0 Å². The summed E-state index contributed by atoms with van der Waals surface area (Å²) in [5.41, 5.74) is 0.0978. The third-order valence-electron chi connectivity index (χ3n) is 2.26. The van der Waals surface area contributed by atoms with Crippen LogP contribution in [0.2, 0.25) is 5.02 Å². The van der Waals surface area contributed by atoms with Gasteiger partial charge in [0.1, 0.15) is 5.56 Å². The first-order chi connectivity index (χ1) is 8.97. The minimum absolute atomic E-state index is 0.108. The summed E-state index contributed by atoms with van der Waals surface area (Å²) >= 11 is 5.73. The van der Waals surface area contributed by atoms with Gasteiger partial charge in [-0.25, -0.2) is 0 Å². The van der Waals surface area contributed by atoms with Crippen LogP contribution in [-0.4, -0.2) is 16.0 Å². The van der Waals surface area contributed by atoms with Gasteiger partial charge in [0, 0.05) is 17.2 Å². The van der Waals surface area contributed by atoms with Crippen molar-refractivity contribution in [1.29, 1.82) is 0 Å². The number of anilines is 1. The Labute approximate surface area is 112 Å². The first kappa shape index (κ1) is 13.0. The molecule has 2 rings (SSSR count). The van der Waals surface area contributed by atoms with Crippen LogP contribution in [0.15, 0.2) is 28.8 Å². The normalized spacial score (nSPS) is 10.2. The molecule has 1 aromatic carbocycles. The Morgan fingerprint density at radius 2 is 2.21 bits per heavy atom. The van der Waals surface area contributed by atoms with Crippen molar-refractivity contribution in [3.05, 3.63) is 50.7 Å². The molecule has 0 atom stereocenters. The molecular formula is C11H8ClN3O4. The van der Waals surface area contributed by atoms with E-state index in [4.69, 9.17) is 16.1 Å². The van der Waals surface area contributed by atoms with Crippen LogP contribution in [0.3, 0.4) is 0 Å². The number of aryl methyl sites for hydroxylation is 1. The summed E-state index contributed by atoms with van der Waals surface area (Å²) in [6.45, 7) is 1.68. The molecule has 0 spiro atoms. The minimum Gasteiger partial charge on any atom is -0.338 e. The largest absolute Gasteiger partial charge is 0.338 e. The van der Waals surface area contributed by atoms with Crippen LogP contribution < -0.4 is 5.32 Å². The van der Waals surface area contributed by atoms with Crippen LogP contribution in [0.4, 0.5) is 11.6 Å². The number of nitro benzene ring substituents is 1. The van der Waals surface area contributed by atoms with E-state index in [1.54, 1.807) is 6.92 Å². The summed E-state index contributed by atoms with van der Waals surface area (Å²) in [5, 5.41) is 17.0. The van der Waals surface area contributed by atoms with Crippen LogP contribution >= 0.6 is 11.6 Å². The van der Waals surface area contributed by atoms with Gasteiger partial charge in [0.15, 0.2) is 0 Å². The number of hydrogen-bond acceptors (Lipinski definition) is 5. The fourth-order valence-corrected chi connectivity index (χ4v) is 1.62. The summed E-state index contributed by atoms with van der Waals surface area (Å²) in [6, 6.07) is 5.23. The van der Waals surface area contributed by atoms with E-state index in [2.05, 4.69) is 10.5 Å². The average molecular weight is 282 g/mol. The molecule has 0 aliphatic heterocycles. The molecule has 0 aliphatic carbocycles. The number of aromatic nitrogens is 1. The molecule has 0 unspecified atom stereocenters. The number of nitrogens with one attached hydrogen (secondary N) is 1. The number of amides is 1. The fraction of sp³-hybridized carbons (Fsp3) is 0.0909. The molecule has 7 nitrogen and oxygen atoms in total. The number of hydrogen-bond donors (Lipinski definition) is 1. The van der Waals surface area contributed by atoms with Gasteiger partial charge in [-0.05, 0) is 19.1 Å². The molecule has 98 valence electrons. The third-order valence-corrected chi connectivity index (χ3v) is 2.50. The second-order valence-corrected chi connectivity index (χ2v) is 4.14. The molecule has 0 bridgehead atoms. The SMILES string of the molecule is Cc1cc(NC(=O)c2cc(Cl)ccc2[N+](=O)[O-])on1. The molecule has 2 aromatic rings. The van der Waals surface area contributed by atoms with E-state index in [0.717, 1.165) is 0 Å². The predicted molar refractivity (Wildman–Crippen MR) is 67.3 cm³/mol. The predicted octanol–water partition coefficient (Wildman–Crippen LogP) is 2.80. The molecule has 1 amide bonds. The van der Waals surface area contributed by atoms with Gasteiger partial charge in [0.2, 0.25) is 5.88 Å². The van der Waals surface area contributed by atoms with Gasteiger partial charge in [0.05, 0.1) is 10.6 Å². The molecule has 19 heavy (non-hydrogen) atoms. The molecule has 0 fully saturated rings.